The SMILES string of the molecule is CCCCN(CC(OC)OC)C(=O)CCOCCc1cccc(CCNCC23CCCC2C3)c1. The summed E-state index contributed by atoms with van der Waals surface area (Å²) in [6.07, 6.45) is 9.73. The number of fused-ring (bicyclic) bond motifs is 1. The van der Waals surface area contributed by atoms with Gasteiger partial charge in [-0.25, -0.2) is 0 Å². The fraction of sp³-hybridized carbons (Fsp3) is 0.750. The molecule has 1 aromatic rings. The molecule has 1 amide bonds. The van der Waals surface area contributed by atoms with Crippen LogP contribution in [0.4, 0.5) is 0 Å². The van der Waals surface area contributed by atoms with Crippen molar-refractivity contribution in [2.24, 2.45) is 11.3 Å². The molecule has 3 rings (SSSR count). The summed E-state index contributed by atoms with van der Waals surface area (Å²) in [6.45, 7) is 6.64. The lowest BCUT2D eigenvalue weighted by molar-refractivity contribution is -0.146. The Bertz CT molecular complexity index is 739. The highest BCUT2D eigenvalue weighted by molar-refractivity contribution is 5.76. The summed E-state index contributed by atoms with van der Waals surface area (Å²) < 4.78 is 16.4. The van der Waals surface area contributed by atoms with Crippen molar-refractivity contribution in [2.45, 2.75) is 71.0 Å². The van der Waals surface area contributed by atoms with Crippen molar-refractivity contribution in [3.8, 4) is 0 Å². The molecule has 6 heteroatoms. The van der Waals surface area contributed by atoms with E-state index in [4.69, 9.17) is 14.2 Å². The number of benzene rings is 1. The summed E-state index contributed by atoms with van der Waals surface area (Å²) in [5, 5.41) is 3.71. The lowest BCUT2D eigenvalue weighted by atomic mass is 10.0. The highest BCUT2D eigenvalue weighted by atomic mass is 16.7. The molecule has 0 bridgehead atoms. The van der Waals surface area contributed by atoms with E-state index in [9.17, 15) is 4.79 Å². The van der Waals surface area contributed by atoms with Gasteiger partial charge in [-0.05, 0) is 67.5 Å². The molecule has 1 N–H and O–H groups in total. The van der Waals surface area contributed by atoms with Gasteiger partial charge in [-0.15, -0.1) is 0 Å². The first-order valence-electron chi connectivity index (χ1n) is 13.3. The van der Waals surface area contributed by atoms with E-state index in [1.807, 2.05) is 4.90 Å². The van der Waals surface area contributed by atoms with Crippen molar-refractivity contribution in [3.63, 3.8) is 0 Å². The highest BCUT2D eigenvalue weighted by Crippen LogP contribution is 2.63. The van der Waals surface area contributed by atoms with E-state index in [0.717, 1.165) is 44.7 Å². The zero-order valence-corrected chi connectivity index (χ0v) is 21.7. The van der Waals surface area contributed by atoms with Gasteiger partial charge in [0.1, 0.15) is 0 Å². The molecule has 2 atom stereocenters. The van der Waals surface area contributed by atoms with Crippen LogP contribution in [0.1, 0.15) is 63.0 Å². The van der Waals surface area contributed by atoms with Gasteiger partial charge in [0.25, 0.3) is 0 Å². The van der Waals surface area contributed by atoms with Gasteiger partial charge in [0.15, 0.2) is 6.29 Å². The van der Waals surface area contributed by atoms with E-state index in [-0.39, 0.29) is 5.91 Å². The van der Waals surface area contributed by atoms with E-state index in [1.165, 1.54) is 43.4 Å². The third-order valence-corrected chi connectivity index (χ3v) is 7.67. The molecule has 0 radical (unpaired) electrons. The van der Waals surface area contributed by atoms with Crippen LogP contribution >= 0.6 is 0 Å². The van der Waals surface area contributed by atoms with Gasteiger partial charge in [0, 0.05) is 27.3 Å². The third kappa shape index (κ3) is 8.33. The van der Waals surface area contributed by atoms with Crippen molar-refractivity contribution >= 4 is 5.91 Å². The second kappa shape index (κ2) is 14.2. The number of nitrogens with one attached hydrogen (secondary N) is 1. The Balaban J connectivity index is 1.30. The van der Waals surface area contributed by atoms with Gasteiger partial charge in [-0.2, -0.15) is 0 Å². The van der Waals surface area contributed by atoms with Crippen LogP contribution in [0.5, 0.6) is 0 Å². The molecule has 0 heterocycles. The van der Waals surface area contributed by atoms with Crippen LogP contribution < -0.4 is 5.32 Å². The van der Waals surface area contributed by atoms with Crippen molar-refractivity contribution in [2.75, 3.05) is 53.6 Å². The lowest BCUT2D eigenvalue weighted by Crippen LogP contribution is -2.40. The number of hydrogen-bond donors (Lipinski definition) is 1. The minimum Gasteiger partial charge on any atom is -0.381 e. The van der Waals surface area contributed by atoms with Crippen molar-refractivity contribution in [3.05, 3.63) is 35.4 Å². The average molecular weight is 475 g/mol. The van der Waals surface area contributed by atoms with E-state index < -0.39 is 6.29 Å². The predicted octanol–water partition coefficient (Wildman–Crippen LogP) is 4.21. The first kappa shape index (κ1) is 27.1. The van der Waals surface area contributed by atoms with Gasteiger partial charge < -0.3 is 24.4 Å². The van der Waals surface area contributed by atoms with Crippen molar-refractivity contribution < 1.29 is 19.0 Å². The van der Waals surface area contributed by atoms with E-state index in [1.54, 1.807) is 14.2 Å². The predicted molar refractivity (Wildman–Crippen MR) is 136 cm³/mol. The molecular weight excluding hydrogens is 428 g/mol. The molecule has 2 aliphatic carbocycles. The molecule has 0 aliphatic heterocycles. The number of hydrogen-bond acceptors (Lipinski definition) is 5. The zero-order chi connectivity index (χ0) is 24.2. The fourth-order valence-corrected chi connectivity index (χ4v) is 5.36. The molecule has 2 aliphatic rings. The molecule has 34 heavy (non-hydrogen) atoms. The number of methoxy groups -OCH3 is 2. The Morgan fingerprint density at radius 2 is 2.00 bits per heavy atom. The smallest absolute Gasteiger partial charge is 0.225 e. The Kier molecular flexibility index (Phi) is 11.3. The van der Waals surface area contributed by atoms with Gasteiger partial charge >= 0.3 is 0 Å². The normalized spacial score (nSPS) is 21.1. The van der Waals surface area contributed by atoms with Crippen molar-refractivity contribution in [1.82, 2.24) is 10.2 Å². The quantitative estimate of drug-likeness (QED) is 0.255. The summed E-state index contributed by atoms with van der Waals surface area (Å²) in [5.41, 5.74) is 3.35. The maximum absolute atomic E-state index is 12.7. The molecule has 6 nitrogen and oxygen atoms in total. The lowest BCUT2D eigenvalue weighted by Gasteiger charge is -2.26. The van der Waals surface area contributed by atoms with Crippen molar-refractivity contribution in [1.29, 1.82) is 0 Å². The number of amides is 1. The standard InChI is InChI=1S/C28H46N2O4/c1-4-5-16-30(21-27(32-2)33-3)26(31)13-18-34-17-12-24-9-6-8-23(19-24)11-15-29-22-28-14-7-10-25(28)20-28/h6,8-9,19,25,27,29H,4-5,7,10-18,20-22H2,1-3H3. The average Bonchev–Trinajstić information content (AvgIpc) is 3.40. The molecule has 0 saturated heterocycles. The third-order valence-electron chi connectivity index (χ3n) is 7.67. The second-order valence-electron chi connectivity index (χ2n) is 10.1. The number of carbonyl (C=O) groups excluding carboxylic acids is 1. The minimum atomic E-state index is -0.391. The molecule has 192 valence electrons. The van der Waals surface area contributed by atoms with Crippen LogP contribution in [0.25, 0.3) is 0 Å². The van der Waals surface area contributed by atoms with E-state index >= 15 is 0 Å². The largest absolute Gasteiger partial charge is 0.381 e. The number of ether oxygens (including phenoxy) is 3. The summed E-state index contributed by atoms with van der Waals surface area (Å²) in [7, 11) is 3.20. The van der Waals surface area contributed by atoms with E-state index in [0.29, 0.717) is 31.6 Å². The molecule has 0 spiro atoms. The Labute approximate surface area is 206 Å². The van der Waals surface area contributed by atoms with Crippen LogP contribution in [-0.2, 0) is 31.8 Å². The van der Waals surface area contributed by atoms with Crippen LogP contribution in [0.3, 0.4) is 0 Å². The monoisotopic (exact) mass is 474 g/mol. The van der Waals surface area contributed by atoms with Crippen LogP contribution in [0.15, 0.2) is 24.3 Å². The van der Waals surface area contributed by atoms with Gasteiger partial charge in [0.2, 0.25) is 5.91 Å². The van der Waals surface area contributed by atoms with Crippen LogP contribution in [0.2, 0.25) is 0 Å². The molecular formula is C28H46N2O4. The first-order valence-corrected chi connectivity index (χ1v) is 13.3. The number of nitrogens with zero attached hydrogens (tertiary/aromatic N) is 1. The molecule has 2 fully saturated rings. The van der Waals surface area contributed by atoms with Gasteiger partial charge in [-0.1, -0.05) is 44.0 Å². The molecule has 2 saturated carbocycles. The second-order valence-corrected chi connectivity index (χ2v) is 10.1. The molecule has 0 aromatic heterocycles. The van der Waals surface area contributed by atoms with Crippen LogP contribution in [-0.4, -0.2) is 70.7 Å². The first-order chi connectivity index (χ1) is 16.6. The summed E-state index contributed by atoms with van der Waals surface area (Å²) >= 11 is 0. The summed E-state index contributed by atoms with van der Waals surface area (Å²) in [6, 6.07) is 8.83. The topological polar surface area (TPSA) is 60.0 Å². The minimum absolute atomic E-state index is 0.0942. The van der Waals surface area contributed by atoms with Gasteiger partial charge in [-0.3, -0.25) is 4.79 Å². The zero-order valence-electron chi connectivity index (χ0n) is 21.7. The van der Waals surface area contributed by atoms with Crippen LogP contribution in [0, 0.1) is 11.3 Å². The number of carbonyl (C=O) groups is 1. The summed E-state index contributed by atoms with van der Waals surface area (Å²) in [5.74, 6) is 1.11. The Hall–Kier alpha value is -1.47. The number of unbranched alkanes of at least 4 members (excludes halogenated alkanes) is 1. The highest BCUT2D eigenvalue weighted by Gasteiger charge is 2.55. The molecule has 2 unspecified atom stereocenters. The van der Waals surface area contributed by atoms with E-state index in [2.05, 4.69) is 36.5 Å². The summed E-state index contributed by atoms with van der Waals surface area (Å²) in [4.78, 5) is 14.5. The molecule has 1 aromatic carbocycles. The number of rotatable bonds is 18. The Morgan fingerprint density at radius 1 is 1.21 bits per heavy atom. The van der Waals surface area contributed by atoms with Gasteiger partial charge in [0.05, 0.1) is 26.2 Å². The maximum Gasteiger partial charge on any atom is 0.225 e. The fourth-order valence-electron chi connectivity index (χ4n) is 5.36. The maximum atomic E-state index is 12.7. The Morgan fingerprint density at radius 3 is 2.68 bits per heavy atom.